The van der Waals surface area contributed by atoms with Crippen molar-refractivity contribution in [3.8, 4) is 5.75 Å². The number of rotatable bonds is 4. The summed E-state index contributed by atoms with van der Waals surface area (Å²) in [5.74, 6) is 0.911. The standard InChI is InChI=1S/C14H21BrN2O/c1-10(2)16-11-6-7-17(9-11)14-8-12(18-3)4-5-13(14)15/h4-5,8,10-11,16H,6-7,9H2,1-3H3. The molecular weight excluding hydrogens is 292 g/mol. The van der Waals surface area contributed by atoms with E-state index in [0.717, 1.165) is 23.3 Å². The summed E-state index contributed by atoms with van der Waals surface area (Å²) in [6.07, 6.45) is 1.20. The van der Waals surface area contributed by atoms with Crippen molar-refractivity contribution in [3.63, 3.8) is 0 Å². The van der Waals surface area contributed by atoms with Crippen LogP contribution in [0, 0.1) is 0 Å². The van der Waals surface area contributed by atoms with Crippen molar-refractivity contribution < 1.29 is 4.74 Å². The zero-order valence-corrected chi connectivity index (χ0v) is 12.8. The van der Waals surface area contributed by atoms with Gasteiger partial charge in [0.25, 0.3) is 0 Å². The largest absolute Gasteiger partial charge is 0.497 e. The molecule has 1 aliphatic rings. The molecule has 1 atom stereocenters. The Kier molecular flexibility index (Phi) is 4.51. The first-order valence-corrected chi connectivity index (χ1v) is 7.24. The summed E-state index contributed by atoms with van der Waals surface area (Å²) in [6.45, 7) is 6.55. The Morgan fingerprint density at radius 3 is 2.89 bits per heavy atom. The first-order chi connectivity index (χ1) is 8.60. The zero-order chi connectivity index (χ0) is 13.1. The molecule has 3 nitrogen and oxygen atoms in total. The number of anilines is 1. The second kappa shape index (κ2) is 5.93. The van der Waals surface area contributed by atoms with Gasteiger partial charge in [-0.15, -0.1) is 0 Å². The number of benzene rings is 1. The van der Waals surface area contributed by atoms with Crippen LogP contribution in [0.2, 0.25) is 0 Å². The lowest BCUT2D eigenvalue weighted by molar-refractivity contribution is 0.414. The first-order valence-electron chi connectivity index (χ1n) is 6.44. The molecule has 1 fully saturated rings. The van der Waals surface area contributed by atoms with Crippen LogP contribution in [0.1, 0.15) is 20.3 Å². The maximum absolute atomic E-state index is 5.30. The number of nitrogens with zero attached hydrogens (tertiary/aromatic N) is 1. The SMILES string of the molecule is COc1ccc(Br)c(N2CCC(NC(C)C)C2)c1. The number of methoxy groups -OCH3 is 1. The summed E-state index contributed by atoms with van der Waals surface area (Å²) < 4.78 is 6.43. The maximum Gasteiger partial charge on any atom is 0.121 e. The number of halogens is 1. The molecule has 0 bridgehead atoms. The van der Waals surface area contributed by atoms with Gasteiger partial charge in [-0.2, -0.15) is 0 Å². The van der Waals surface area contributed by atoms with Crippen LogP contribution in [0.4, 0.5) is 5.69 Å². The summed E-state index contributed by atoms with van der Waals surface area (Å²) >= 11 is 3.62. The predicted molar refractivity (Wildman–Crippen MR) is 79.6 cm³/mol. The fourth-order valence-corrected chi connectivity index (χ4v) is 2.95. The molecule has 0 aromatic heterocycles. The second-order valence-electron chi connectivity index (χ2n) is 5.07. The van der Waals surface area contributed by atoms with Gasteiger partial charge in [0, 0.05) is 35.7 Å². The van der Waals surface area contributed by atoms with E-state index in [4.69, 9.17) is 4.74 Å². The molecule has 1 saturated heterocycles. The Morgan fingerprint density at radius 1 is 1.44 bits per heavy atom. The van der Waals surface area contributed by atoms with Crippen molar-refractivity contribution in [1.29, 1.82) is 0 Å². The van der Waals surface area contributed by atoms with E-state index in [1.54, 1.807) is 7.11 Å². The van der Waals surface area contributed by atoms with Gasteiger partial charge in [-0.25, -0.2) is 0 Å². The molecule has 100 valence electrons. The molecule has 0 amide bonds. The molecule has 1 heterocycles. The highest BCUT2D eigenvalue weighted by molar-refractivity contribution is 9.10. The lowest BCUT2D eigenvalue weighted by Crippen LogP contribution is -2.37. The minimum absolute atomic E-state index is 0.545. The van der Waals surface area contributed by atoms with E-state index >= 15 is 0 Å². The lowest BCUT2D eigenvalue weighted by Gasteiger charge is -2.22. The summed E-state index contributed by atoms with van der Waals surface area (Å²) in [7, 11) is 1.71. The van der Waals surface area contributed by atoms with E-state index in [2.05, 4.69) is 52.1 Å². The third-order valence-electron chi connectivity index (χ3n) is 3.25. The van der Waals surface area contributed by atoms with E-state index in [9.17, 15) is 0 Å². The first kappa shape index (κ1) is 13.7. The Hall–Kier alpha value is -0.740. The minimum Gasteiger partial charge on any atom is -0.497 e. The Bertz CT molecular complexity index is 409. The van der Waals surface area contributed by atoms with Crippen LogP contribution in [0.25, 0.3) is 0 Å². The normalized spacial score (nSPS) is 19.6. The Balaban J connectivity index is 2.08. The Labute approximate surface area is 118 Å². The molecule has 0 radical (unpaired) electrons. The summed E-state index contributed by atoms with van der Waals surface area (Å²) in [5.41, 5.74) is 1.22. The fraction of sp³-hybridized carbons (Fsp3) is 0.571. The highest BCUT2D eigenvalue weighted by atomic mass is 79.9. The maximum atomic E-state index is 5.30. The van der Waals surface area contributed by atoms with Gasteiger partial charge in [-0.3, -0.25) is 0 Å². The van der Waals surface area contributed by atoms with Crippen LogP contribution in [-0.4, -0.2) is 32.3 Å². The van der Waals surface area contributed by atoms with Crippen LogP contribution in [0.3, 0.4) is 0 Å². The molecule has 1 N–H and O–H groups in total. The molecule has 1 aliphatic heterocycles. The van der Waals surface area contributed by atoms with Crippen LogP contribution >= 0.6 is 15.9 Å². The van der Waals surface area contributed by atoms with Crippen LogP contribution < -0.4 is 15.0 Å². The summed E-state index contributed by atoms with van der Waals surface area (Å²) in [6, 6.07) is 7.26. The van der Waals surface area contributed by atoms with Crippen molar-refractivity contribution in [2.24, 2.45) is 0 Å². The number of hydrogen-bond acceptors (Lipinski definition) is 3. The number of ether oxygens (including phenoxy) is 1. The van der Waals surface area contributed by atoms with Gasteiger partial charge in [0.2, 0.25) is 0 Å². The second-order valence-corrected chi connectivity index (χ2v) is 5.92. The Morgan fingerprint density at radius 2 is 2.22 bits per heavy atom. The molecule has 1 aromatic carbocycles. The predicted octanol–water partition coefficient (Wildman–Crippen LogP) is 3.03. The van der Waals surface area contributed by atoms with Crippen molar-refractivity contribution >= 4 is 21.6 Å². The number of nitrogens with one attached hydrogen (secondary N) is 1. The molecule has 2 rings (SSSR count). The van der Waals surface area contributed by atoms with E-state index in [0.29, 0.717) is 12.1 Å². The van der Waals surface area contributed by atoms with E-state index in [1.807, 2.05) is 6.07 Å². The van der Waals surface area contributed by atoms with Gasteiger partial charge < -0.3 is 15.0 Å². The van der Waals surface area contributed by atoms with Gasteiger partial charge in [-0.1, -0.05) is 13.8 Å². The molecular formula is C14H21BrN2O. The smallest absolute Gasteiger partial charge is 0.121 e. The molecule has 0 aliphatic carbocycles. The van der Waals surface area contributed by atoms with Gasteiger partial charge in [-0.05, 0) is 34.5 Å². The molecule has 0 saturated carbocycles. The van der Waals surface area contributed by atoms with Crippen LogP contribution in [-0.2, 0) is 0 Å². The highest BCUT2D eigenvalue weighted by Crippen LogP contribution is 2.32. The average molecular weight is 313 g/mol. The van der Waals surface area contributed by atoms with Crippen molar-refractivity contribution in [1.82, 2.24) is 5.32 Å². The lowest BCUT2D eigenvalue weighted by atomic mass is 10.2. The van der Waals surface area contributed by atoms with Crippen molar-refractivity contribution in [2.75, 3.05) is 25.1 Å². The van der Waals surface area contributed by atoms with Gasteiger partial charge in [0.1, 0.15) is 5.75 Å². The number of hydrogen-bond donors (Lipinski definition) is 1. The minimum atomic E-state index is 0.545. The van der Waals surface area contributed by atoms with E-state index in [-0.39, 0.29) is 0 Å². The molecule has 0 spiro atoms. The quantitative estimate of drug-likeness (QED) is 0.925. The summed E-state index contributed by atoms with van der Waals surface area (Å²) in [4.78, 5) is 2.41. The van der Waals surface area contributed by atoms with E-state index < -0.39 is 0 Å². The van der Waals surface area contributed by atoms with Crippen LogP contribution in [0.5, 0.6) is 5.75 Å². The topological polar surface area (TPSA) is 24.5 Å². The third kappa shape index (κ3) is 3.18. The fourth-order valence-electron chi connectivity index (χ4n) is 2.45. The van der Waals surface area contributed by atoms with Gasteiger partial charge >= 0.3 is 0 Å². The zero-order valence-electron chi connectivity index (χ0n) is 11.2. The molecule has 1 unspecified atom stereocenters. The van der Waals surface area contributed by atoms with Gasteiger partial charge in [0.05, 0.1) is 12.8 Å². The van der Waals surface area contributed by atoms with Gasteiger partial charge in [0.15, 0.2) is 0 Å². The van der Waals surface area contributed by atoms with Crippen molar-refractivity contribution in [3.05, 3.63) is 22.7 Å². The highest BCUT2D eigenvalue weighted by Gasteiger charge is 2.24. The van der Waals surface area contributed by atoms with Crippen LogP contribution in [0.15, 0.2) is 22.7 Å². The van der Waals surface area contributed by atoms with E-state index in [1.165, 1.54) is 12.1 Å². The molecule has 18 heavy (non-hydrogen) atoms. The third-order valence-corrected chi connectivity index (χ3v) is 3.92. The summed E-state index contributed by atoms with van der Waals surface area (Å²) in [5, 5.41) is 3.60. The molecule has 1 aromatic rings. The average Bonchev–Trinajstić information content (AvgIpc) is 2.77. The van der Waals surface area contributed by atoms with Crippen molar-refractivity contribution in [2.45, 2.75) is 32.4 Å². The monoisotopic (exact) mass is 312 g/mol. The molecule has 4 heteroatoms.